The Kier molecular flexibility index (Phi) is 3.20. The van der Waals surface area contributed by atoms with Gasteiger partial charge in [0.25, 0.3) is 0 Å². The number of carbonyl (C=O) groups is 1. The van der Waals surface area contributed by atoms with E-state index in [1.54, 1.807) is 6.92 Å². The van der Waals surface area contributed by atoms with Gasteiger partial charge in [-0.2, -0.15) is 0 Å². The van der Waals surface area contributed by atoms with Gasteiger partial charge in [-0.3, -0.25) is 0 Å². The Morgan fingerprint density at radius 2 is 2.17 bits per heavy atom. The Balaban J connectivity index is 2.68. The van der Waals surface area contributed by atoms with Crippen LogP contribution in [-0.2, 0) is 0 Å². The van der Waals surface area contributed by atoms with Gasteiger partial charge in [0.15, 0.2) is 0 Å². The number of nitrogens with zero attached hydrogens (tertiary/aromatic N) is 1. The smallest absolute Gasteiger partial charge is 0.335 e. The average Bonchev–Trinajstić information content (AvgIpc) is 2.31. The maximum atomic E-state index is 13.4. The fourth-order valence-electron chi connectivity index (χ4n) is 1.62. The minimum Gasteiger partial charge on any atom is -0.478 e. The second-order valence-corrected chi connectivity index (χ2v) is 4.13. The summed E-state index contributed by atoms with van der Waals surface area (Å²) < 4.78 is 13.8. The fraction of sp³-hybridized carbons (Fsp3) is 0.0833. The van der Waals surface area contributed by atoms with E-state index in [1.807, 2.05) is 0 Å². The lowest BCUT2D eigenvalue weighted by molar-refractivity contribution is 0.0696. The first-order valence-corrected chi connectivity index (χ1v) is 5.48. The van der Waals surface area contributed by atoms with Crippen molar-refractivity contribution in [2.45, 2.75) is 6.92 Å². The van der Waals surface area contributed by atoms with Gasteiger partial charge in [0, 0.05) is 11.1 Å². The van der Waals surface area contributed by atoms with Crippen molar-refractivity contribution < 1.29 is 14.3 Å². The molecule has 0 radical (unpaired) electrons. The van der Waals surface area contributed by atoms with E-state index in [2.05, 4.69) is 9.97 Å². The Morgan fingerprint density at radius 1 is 1.44 bits per heavy atom. The first kappa shape index (κ1) is 12.4. The third-order valence-corrected chi connectivity index (χ3v) is 2.93. The zero-order valence-electron chi connectivity index (χ0n) is 9.40. The van der Waals surface area contributed by atoms with Gasteiger partial charge >= 0.3 is 5.97 Å². The van der Waals surface area contributed by atoms with Gasteiger partial charge in [0.2, 0.25) is 0 Å². The number of nitrogens with one attached hydrogen (secondary N) is 1. The summed E-state index contributed by atoms with van der Waals surface area (Å²) in [5, 5.41) is 8.89. The van der Waals surface area contributed by atoms with Gasteiger partial charge in [0.05, 0.1) is 17.6 Å². The minimum absolute atomic E-state index is 0.111. The standard InChI is InChI=1S/C12H9FN2O2S/c1-6-10(14-5-15-11(6)18)7-2-8(12(16)17)4-9(13)3-7/h2-5H,1H3,(H,16,17)(H,14,15,18). The van der Waals surface area contributed by atoms with Gasteiger partial charge < -0.3 is 10.1 Å². The van der Waals surface area contributed by atoms with Crippen LogP contribution in [0, 0.1) is 17.4 Å². The average molecular weight is 264 g/mol. The van der Waals surface area contributed by atoms with Crippen molar-refractivity contribution in [3.8, 4) is 11.3 Å². The van der Waals surface area contributed by atoms with Crippen LogP contribution in [0.5, 0.6) is 0 Å². The van der Waals surface area contributed by atoms with Gasteiger partial charge in [-0.1, -0.05) is 12.2 Å². The van der Waals surface area contributed by atoms with E-state index in [1.165, 1.54) is 18.5 Å². The lowest BCUT2D eigenvalue weighted by Gasteiger charge is -2.07. The number of carboxylic acid groups (broad SMARTS) is 1. The maximum absolute atomic E-state index is 13.4. The second-order valence-electron chi connectivity index (χ2n) is 3.74. The van der Waals surface area contributed by atoms with Crippen LogP contribution in [0.4, 0.5) is 4.39 Å². The molecule has 2 aromatic rings. The molecule has 0 spiro atoms. The predicted octanol–water partition coefficient (Wildman–Crippen LogP) is 2.95. The summed E-state index contributed by atoms with van der Waals surface area (Å²) in [6, 6.07) is 3.61. The predicted molar refractivity (Wildman–Crippen MR) is 66.5 cm³/mol. The van der Waals surface area contributed by atoms with E-state index in [9.17, 15) is 9.18 Å². The molecule has 2 N–H and O–H groups in total. The highest BCUT2D eigenvalue weighted by molar-refractivity contribution is 7.71. The van der Waals surface area contributed by atoms with E-state index in [0.29, 0.717) is 21.5 Å². The number of carboxylic acids is 1. The first-order chi connectivity index (χ1) is 8.49. The number of halogens is 1. The normalized spacial score (nSPS) is 10.3. The summed E-state index contributed by atoms with van der Waals surface area (Å²) in [4.78, 5) is 17.6. The van der Waals surface area contributed by atoms with Crippen LogP contribution in [0.2, 0.25) is 0 Å². The molecule has 6 heteroatoms. The Bertz CT molecular complexity index is 682. The van der Waals surface area contributed by atoms with Crippen molar-refractivity contribution in [3.05, 3.63) is 46.1 Å². The second kappa shape index (κ2) is 4.66. The van der Waals surface area contributed by atoms with Gasteiger partial charge in [-0.15, -0.1) is 0 Å². The maximum Gasteiger partial charge on any atom is 0.335 e. The van der Waals surface area contributed by atoms with Gasteiger partial charge in [0.1, 0.15) is 10.5 Å². The molecule has 2 rings (SSSR count). The molecule has 1 aromatic carbocycles. The molecule has 0 atom stereocenters. The number of benzene rings is 1. The molecule has 0 unspecified atom stereocenters. The van der Waals surface area contributed by atoms with E-state index in [4.69, 9.17) is 17.3 Å². The quantitative estimate of drug-likeness (QED) is 0.818. The van der Waals surface area contributed by atoms with Crippen molar-refractivity contribution in [1.82, 2.24) is 9.97 Å². The number of aromatic nitrogens is 2. The van der Waals surface area contributed by atoms with E-state index >= 15 is 0 Å². The molecule has 1 heterocycles. The molecule has 0 aliphatic rings. The molecule has 1 aromatic heterocycles. The van der Waals surface area contributed by atoms with Crippen molar-refractivity contribution >= 4 is 18.2 Å². The minimum atomic E-state index is -1.18. The first-order valence-electron chi connectivity index (χ1n) is 5.07. The van der Waals surface area contributed by atoms with Crippen LogP contribution in [0.15, 0.2) is 24.5 Å². The van der Waals surface area contributed by atoms with Crippen LogP contribution in [0.25, 0.3) is 11.3 Å². The van der Waals surface area contributed by atoms with Crippen LogP contribution in [-0.4, -0.2) is 21.0 Å². The lowest BCUT2D eigenvalue weighted by Crippen LogP contribution is -1.99. The number of aromatic carboxylic acids is 1. The molecular formula is C12H9FN2O2S. The molecule has 0 aliphatic carbocycles. The van der Waals surface area contributed by atoms with Crippen LogP contribution < -0.4 is 0 Å². The molecule has 0 fully saturated rings. The Hall–Kier alpha value is -2.08. The van der Waals surface area contributed by atoms with Crippen molar-refractivity contribution in [3.63, 3.8) is 0 Å². The van der Waals surface area contributed by atoms with Gasteiger partial charge in [-0.05, 0) is 25.1 Å². The van der Waals surface area contributed by atoms with Gasteiger partial charge in [-0.25, -0.2) is 14.2 Å². The highest BCUT2D eigenvalue weighted by atomic mass is 32.1. The summed E-state index contributed by atoms with van der Waals surface area (Å²) in [5.41, 5.74) is 1.56. The fourth-order valence-corrected chi connectivity index (χ4v) is 1.78. The van der Waals surface area contributed by atoms with E-state index < -0.39 is 11.8 Å². The molecule has 92 valence electrons. The molecule has 0 saturated carbocycles. The van der Waals surface area contributed by atoms with E-state index in [0.717, 1.165) is 6.07 Å². The highest BCUT2D eigenvalue weighted by Crippen LogP contribution is 2.23. The summed E-state index contributed by atoms with van der Waals surface area (Å²) in [7, 11) is 0. The Labute approximate surface area is 107 Å². The number of hydrogen-bond acceptors (Lipinski definition) is 3. The third kappa shape index (κ3) is 2.28. The number of aromatic amines is 1. The molecule has 0 aliphatic heterocycles. The topological polar surface area (TPSA) is 66.0 Å². The SMILES string of the molecule is Cc1c(-c2cc(F)cc(C(=O)O)c2)[nH]cnc1=S. The van der Waals surface area contributed by atoms with Crippen molar-refractivity contribution in [2.75, 3.05) is 0 Å². The van der Waals surface area contributed by atoms with Crippen LogP contribution in [0.3, 0.4) is 0 Å². The zero-order valence-corrected chi connectivity index (χ0v) is 10.2. The zero-order chi connectivity index (χ0) is 13.3. The molecular weight excluding hydrogens is 255 g/mol. The van der Waals surface area contributed by atoms with Crippen molar-refractivity contribution in [1.29, 1.82) is 0 Å². The third-order valence-electron chi connectivity index (χ3n) is 2.52. The number of H-pyrrole nitrogens is 1. The summed E-state index contributed by atoms with van der Waals surface area (Å²) >= 11 is 5.02. The van der Waals surface area contributed by atoms with Crippen molar-refractivity contribution in [2.24, 2.45) is 0 Å². The largest absolute Gasteiger partial charge is 0.478 e. The molecule has 0 bridgehead atoms. The Morgan fingerprint density at radius 3 is 2.83 bits per heavy atom. The summed E-state index contributed by atoms with van der Waals surface area (Å²) in [5.74, 6) is -1.79. The monoisotopic (exact) mass is 264 g/mol. The van der Waals surface area contributed by atoms with E-state index in [-0.39, 0.29) is 5.56 Å². The highest BCUT2D eigenvalue weighted by Gasteiger charge is 2.10. The number of rotatable bonds is 2. The molecule has 18 heavy (non-hydrogen) atoms. The summed E-state index contributed by atoms with van der Waals surface area (Å²) in [6.07, 6.45) is 1.40. The lowest BCUT2D eigenvalue weighted by atomic mass is 10.0. The molecule has 0 amide bonds. The number of hydrogen-bond donors (Lipinski definition) is 2. The molecule has 4 nitrogen and oxygen atoms in total. The molecule has 0 saturated heterocycles. The van der Waals surface area contributed by atoms with Crippen LogP contribution >= 0.6 is 12.2 Å². The summed E-state index contributed by atoms with van der Waals surface area (Å²) in [6.45, 7) is 1.74. The van der Waals surface area contributed by atoms with Crippen LogP contribution in [0.1, 0.15) is 15.9 Å².